The highest BCUT2D eigenvalue weighted by Crippen LogP contribution is 2.30. The van der Waals surface area contributed by atoms with Gasteiger partial charge in [-0.1, -0.05) is 28.1 Å². The van der Waals surface area contributed by atoms with E-state index >= 15 is 0 Å². The summed E-state index contributed by atoms with van der Waals surface area (Å²) in [6.45, 7) is 0. The lowest BCUT2D eigenvalue weighted by molar-refractivity contribution is 0.416. The molecule has 0 unspecified atom stereocenters. The minimum atomic E-state index is 0.692. The number of anilines is 2. The van der Waals surface area contributed by atoms with Crippen LogP contribution in [0.15, 0.2) is 46.9 Å². The zero-order valence-corrected chi connectivity index (χ0v) is 11.9. The van der Waals surface area contributed by atoms with E-state index in [2.05, 4.69) is 31.2 Å². The van der Waals surface area contributed by atoms with E-state index in [1.807, 2.05) is 42.5 Å². The monoisotopic (exact) mass is 317 g/mol. The summed E-state index contributed by atoms with van der Waals surface area (Å²) in [5.41, 5.74) is 2.79. The van der Waals surface area contributed by atoms with Gasteiger partial charge in [-0.05, 0) is 30.3 Å². The molecule has 1 heterocycles. The molecule has 2 aromatic carbocycles. The molecule has 19 heavy (non-hydrogen) atoms. The van der Waals surface area contributed by atoms with Gasteiger partial charge < -0.3 is 15.0 Å². The number of nitrogens with zero attached hydrogens (tertiary/aromatic N) is 1. The molecule has 0 spiro atoms. The Balaban J connectivity index is 1.98. The first-order valence-electron chi connectivity index (χ1n) is 5.81. The number of rotatable bonds is 3. The second kappa shape index (κ2) is 4.93. The molecule has 3 rings (SSSR count). The number of hydrogen-bond acceptors (Lipinski definition) is 3. The number of hydrogen-bond donors (Lipinski definition) is 2. The van der Waals surface area contributed by atoms with Crippen molar-refractivity contribution in [1.82, 2.24) is 9.97 Å². The summed E-state index contributed by atoms with van der Waals surface area (Å²) in [6.07, 6.45) is 0. The van der Waals surface area contributed by atoms with Gasteiger partial charge in [-0.3, -0.25) is 0 Å². The Hall–Kier alpha value is -2.01. The number of aromatic amines is 1. The Morgan fingerprint density at radius 1 is 1.21 bits per heavy atom. The summed E-state index contributed by atoms with van der Waals surface area (Å²) < 4.78 is 6.30. The molecule has 0 aliphatic rings. The van der Waals surface area contributed by atoms with Crippen LogP contribution in [0.1, 0.15) is 0 Å². The largest absolute Gasteiger partial charge is 0.495 e. The summed E-state index contributed by atoms with van der Waals surface area (Å²) >= 11 is 3.45. The Bertz CT molecular complexity index is 691. The smallest absolute Gasteiger partial charge is 0.205 e. The third-order valence-corrected chi connectivity index (χ3v) is 3.30. The summed E-state index contributed by atoms with van der Waals surface area (Å²) in [5.74, 6) is 1.46. The van der Waals surface area contributed by atoms with E-state index in [1.54, 1.807) is 7.11 Å². The number of fused-ring (bicyclic) bond motifs is 1. The van der Waals surface area contributed by atoms with Crippen LogP contribution < -0.4 is 10.1 Å². The third-order valence-electron chi connectivity index (χ3n) is 2.80. The van der Waals surface area contributed by atoms with Gasteiger partial charge in [0, 0.05) is 4.47 Å². The average Bonchev–Trinajstić information content (AvgIpc) is 2.81. The van der Waals surface area contributed by atoms with E-state index in [4.69, 9.17) is 4.74 Å². The minimum absolute atomic E-state index is 0.692. The summed E-state index contributed by atoms with van der Waals surface area (Å²) in [5, 5.41) is 3.23. The Labute approximate surface area is 118 Å². The Morgan fingerprint density at radius 2 is 2.05 bits per heavy atom. The van der Waals surface area contributed by atoms with Crippen LogP contribution in [0.5, 0.6) is 5.75 Å². The molecule has 0 amide bonds. The molecule has 4 nitrogen and oxygen atoms in total. The fourth-order valence-electron chi connectivity index (χ4n) is 1.92. The van der Waals surface area contributed by atoms with Gasteiger partial charge in [-0.2, -0.15) is 0 Å². The fourth-order valence-corrected chi connectivity index (χ4v) is 2.28. The van der Waals surface area contributed by atoms with Crippen molar-refractivity contribution in [3.05, 3.63) is 46.9 Å². The summed E-state index contributed by atoms with van der Waals surface area (Å²) in [4.78, 5) is 7.70. The van der Waals surface area contributed by atoms with Crippen molar-refractivity contribution in [3.8, 4) is 5.75 Å². The zero-order valence-electron chi connectivity index (χ0n) is 10.3. The highest BCUT2D eigenvalue weighted by molar-refractivity contribution is 9.10. The van der Waals surface area contributed by atoms with E-state index in [-0.39, 0.29) is 0 Å². The molecule has 1 aromatic heterocycles. The van der Waals surface area contributed by atoms with E-state index in [9.17, 15) is 0 Å². The van der Waals surface area contributed by atoms with Crippen molar-refractivity contribution >= 4 is 38.6 Å². The van der Waals surface area contributed by atoms with Crippen molar-refractivity contribution in [2.75, 3.05) is 12.4 Å². The third kappa shape index (κ3) is 2.42. The van der Waals surface area contributed by atoms with Crippen molar-refractivity contribution in [2.45, 2.75) is 0 Å². The van der Waals surface area contributed by atoms with Gasteiger partial charge in [0.1, 0.15) is 5.75 Å². The van der Waals surface area contributed by atoms with Crippen LogP contribution in [-0.2, 0) is 0 Å². The minimum Gasteiger partial charge on any atom is -0.495 e. The SMILES string of the molecule is COc1ccc(Br)cc1Nc1nc2ccccc2[nH]1. The van der Waals surface area contributed by atoms with Crippen molar-refractivity contribution in [3.63, 3.8) is 0 Å². The van der Waals surface area contributed by atoms with Crippen LogP contribution >= 0.6 is 15.9 Å². The maximum absolute atomic E-state index is 5.32. The van der Waals surface area contributed by atoms with Gasteiger partial charge in [-0.15, -0.1) is 0 Å². The van der Waals surface area contributed by atoms with Crippen molar-refractivity contribution in [2.24, 2.45) is 0 Å². The van der Waals surface area contributed by atoms with E-state index in [0.29, 0.717) is 5.95 Å². The van der Waals surface area contributed by atoms with Gasteiger partial charge in [0.15, 0.2) is 0 Å². The molecule has 5 heteroatoms. The van der Waals surface area contributed by atoms with E-state index in [1.165, 1.54) is 0 Å². The first-order chi connectivity index (χ1) is 9.26. The lowest BCUT2D eigenvalue weighted by Crippen LogP contribution is -1.96. The Morgan fingerprint density at radius 3 is 2.84 bits per heavy atom. The quantitative estimate of drug-likeness (QED) is 0.765. The number of halogens is 1. The van der Waals surface area contributed by atoms with Crippen LogP contribution in [-0.4, -0.2) is 17.1 Å². The second-order valence-corrected chi connectivity index (χ2v) is 4.99. The zero-order chi connectivity index (χ0) is 13.2. The molecule has 0 saturated carbocycles. The van der Waals surface area contributed by atoms with Gasteiger partial charge in [0.05, 0.1) is 23.8 Å². The van der Waals surface area contributed by atoms with E-state index in [0.717, 1.165) is 26.9 Å². The molecular formula is C14H12BrN3O. The molecule has 96 valence electrons. The van der Waals surface area contributed by atoms with Gasteiger partial charge in [-0.25, -0.2) is 4.98 Å². The van der Waals surface area contributed by atoms with Crippen LogP contribution in [0.4, 0.5) is 11.6 Å². The maximum Gasteiger partial charge on any atom is 0.205 e. The number of methoxy groups -OCH3 is 1. The predicted molar refractivity (Wildman–Crippen MR) is 80.1 cm³/mol. The molecule has 0 aliphatic heterocycles. The molecule has 0 fully saturated rings. The standard InChI is InChI=1S/C14H12BrN3O/c1-19-13-7-6-9(15)8-12(13)18-14-16-10-4-2-3-5-11(10)17-14/h2-8H,1H3,(H2,16,17,18). The average molecular weight is 318 g/mol. The molecule has 2 N–H and O–H groups in total. The van der Waals surface area contributed by atoms with E-state index < -0.39 is 0 Å². The van der Waals surface area contributed by atoms with Gasteiger partial charge in [0.25, 0.3) is 0 Å². The first-order valence-corrected chi connectivity index (χ1v) is 6.61. The molecule has 0 saturated heterocycles. The first kappa shape index (κ1) is 12.0. The number of ether oxygens (including phenoxy) is 1. The van der Waals surface area contributed by atoms with Crippen LogP contribution in [0.3, 0.4) is 0 Å². The fraction of sp³-hybridized carbons (Fsp3) is 0.0714. The highest BCUT2D eigenvalue weighted by Gasteiger charge is 2.07. The highest BCUT2D eigenvalue weighted by atomic mass is 79.9. The number of para-hydroxylation sites is 2. The number of imidazole rings is 1. The lowest BCUT2D eigenvalue weighted by atomic mass is 10.3. The number of aromatic nitrogens is 2. The molecule has 0 bridgehead atoms. The molecule has 0 atom stereocenters. The summed E-state index contributed by atoms with van der Waals surface area (Å²) in [7, 11) is 1.65. The molecule has 0 aliphatic carbocycles. The Kier molecular flexibility index (Phi) is 3.13. The molecule has 0 radical (unpaired) electrons. The normalized spacial score (nSPS) is 10.6. The van der Waals surface area contributed by atoms with Crippen LogP contribution in [0, 0.1) is 0 Å². The molecular weight excluding hydrogens is 306 g/mol. The number of benzene rings is 2. The van der Waals surface area contributed by atoms with Crippen molar-refractivity contribution < 1.29 is 4.74 Å². The van der Waals surface area contributed by atoms with Crippen molar-refractivity contribution in [1.29, 1.82) is 0 Å². The predicted octanol–water partition coefficient (Wildman–Crippen LogP) is 4.08. The second-order valence-electron chi connectivity index (χ2n) is 4.07. The van der Waals surface area contributed by atoms with Gasteiger partial charge in [0.2, 0.25) is 5.95 Å². The summed E-state index contributed by atoms with van der Waals surface area (Å²) in [6, 6.07) is 13.7. The maximum atomic E-state index is 5.32. The van der Waals surface area contributed by atoms with Gasteiger partial charge >= 0.3 is 0 Å². The number of nitrogens with one attached hydrogen (secondary N) is 2. The topological polar surface area (TPSA) is 49.9 Å². The van der Waals surface area contributed by atoms with Crippen LogP contribution in [0.2, 0.25) is 0 Å². The van der Waals surface area contributed by atoms with Crippen LogP contribution in [0.25, 0.3) is 11.0 Å². The molecule has 3 aromatic rings. The lowest BCUT2D eigenvalue weighted by Gasteiger charge is -2.09. The number of H-pyrrole nitrogens is 1.